The van der Waals surface area contributed by atoms with Crippen molar-refractivity contribution < 1.29 is 14.6 Å². The minimum absolute atomic E-state index is 0.0714. The molecule has 0 radical (unpaired) electrons. The third-order valence-corrected chi connectivity index (χ3v) is 5.21. The zero-order valence-corrected chi connectivity index (χ0v) is 14.9. The number of ether oxygens (including phenoxy) is 1. The van der Waals surface area contributed by atoms with E-state index < -0.39 is 11.7 Å². The number of hydrogen-bond donors (Lipinski definition) is 1. The summed E-state index contributed by atoms with van der Waals surface area (Å²) in [5, 5.41) is 10.8. The van der Waals surface area contributed by atoms with Crippen LogP contribution < -0.4 is 0 Å². The molecule has 0 unspecified atom stereocenters. The van der Waals surface area contributed by atoms with Crippen LogP contribution in [0.5, 0.6) is 0 Å². The van der Waals surface area contributed by atoms with Gasteiger partial charge in [0.2, 0.25) is 0 Å². The van der Waals surface area contributed by atoms with Crippen LogP contribution in [0.15, 0.2) is 34.9 Å². The maximum atomic E-state index is 12.4. The maximum absolute atomic E-state index is 12.4. The first-order valence-electron chi connectivity index (χ1n) is 8.78. The van der Waals surface area contributed by atoms with Gasteiger partial charge in [0.15, 0.2) is 0 Å². The summed E-state index contributed by atoms with van der Waals surface area (Å²) in [6.45, 7) is 8.22. The van der Waals surface area contributed by atoms with Crippen molar-refractivity contribution in [3.63, 3.8) is 0 Å². The van der Waals surface area contributed by atoms with Gasteiger partial charge in [0.1, 0.15) is 11.7 Å². The average Bonchev–Trinajstić information content (AvgIpc) is 2.47. The number of fused-ring (bicyclic) bond motifs is 9. The van der Waals surface area contributed by atoms with Gasteiger partial charge < -0.3 is 9.84 Å². The van der Waals surface area contributed by atoms with Crippen molar-refractivity contribution in [2.75, 3.05) is 0 Å². The molecule has 3 heteroatoms. The molecule has 0 spiro atoms. The molecule has 1 fully saturated rings. The molecule has 3 aliphatic rings. The Morgan fingerprint density at radius 1 is 1.13 bits per heavy atom. The summed E-state index contributed by atoms with van der Waals surface area (Å²) < 4.78 is 5.81. The summed E-state index contributed by atoms with van der Waals surface area (Å²) in [7, 11) is 0. The number of esters is 1. The highest BCUT2D eigenvalue weighted by molar-refractivity contribution is 5.89. The predicted molar refractivity (Wildman–Crippen MR) is 93.0 cm³/mol. The zero-order chi connectivity index (χ0) is 17.0. The summed E-state index contributed by atoms with van der Waals surface area (Å²) in [5.41, 5.74) is 2.47. The lowest BCUT2D eigenvalue weighted by Crippen LogP contribution is -2.52. The summed E-state index contributed by atoms with van der Waals surface area (Å²) in [5.74, 6) is -0.184. The van der Waals surface area contributed by atoms with Crippen molar-refractivity contribution in [3.05, 3.63) is 34.9 Å². The first kappa shape index (κ1) is 18.0. The molecule has 2 heterocycles. The highest BCUT2D eigenvalue weighted by atomic mass is 16.6. The Balaban J connectivity index is 2.36. The van der Waals surface area contributed by atoms with E-state index in [1.165, 1.54) is 5.57 Å². The first-order chi connectivity index (χ1) is 10.8. The van der Waals surface area contributed by atoms with Crippen LogP contribution in [0.2, 0.25) is 0 Å². The number of aliphatic hydroxyl groups is 1. The van der Waals surface area contributed by atoms with Crippen LogP contribution >= 0.6 is 0 Å². The van der Waals surface area contributed by atoms with Gasteiger partial charge in [0, 0.05) is 5.57 Å². The van der Waals surface area contributed by atoms with Gasteiger partial charge in [0.25, 0.3) is 0 Å². The largest absolute Gasteiger partial charge is 0.452 e. The monoisotopic (exact) mass is 318 g/mol. The van der Waals surface area contributed by atoms with Crippen LogP contribution in [-0.2, 0) is 9.53 Å². The third kappa shape index (κ3) is 4.14. The number of aliphatic hydroxyl groups excluding tert-OH is 1. The van der Waals surface area contributed by atoms with E-state index in [0.717, 1.165) is 36.8 Å². The van der Waals surface area contributed by atoms with E-state index in [1.54, 1.807) is 0 Å². The van der Waals surface area contributed by atoms with Crippen LogP contribution in [-0.4, -0.2) is 22.8 Å². The van der Waals surface area contributed by atoms with Gasteiger partial charge in [0.05, 0.1) is 0 Å². The molecule has 0 saturated carbocycles. The summed E-state index contributed by atoms with van der Waals surface area (Å²) in [6, 6.07) is 0. The highest BCUT2D eigenvalue weighted by Crippen LogP contribution is 2.39. The Bertz CT molecular complexity index is 539. The van der Waals surface area contributed by atoms with Gasteiger partial charge >= 0.3 is 5.97 Å². The zero-order valence-electron chi connectivity index (χ0n) is 14.9. The molecule has 3 rings (SSSR count). The molecule has 1 aliphatic carbocycles. The molecule has 23 heavy (non-hydrogen) atoms. The topological polar surface area (TPSA) is 46.5 Å². The Morgan fingerprint density at radius 3 is 2.43 bits per heavy atom. The predicted octanol–water partition coefficient (Wildman–Crippen LogP) is 4.47. The maximum Gasteiger partial charge on any atom is 0.334 e. The molecule has 1 N–H and O–H groups in total. The number of rotatable bonds is 1. The number of hydrogen-bond acceptors (Lipinski definition) is 3. The molecular formula is C20H30O3. The molecule has 128 valence electrons. The lowest BCUT2D eigenvalue weighted by molar-refractivity contribution is -0.181. The second-order valence-electron chi connectivity index (χ2n) is 7.31. The number of carbonyl (C=O) groups excluding carboxylic acids is 1. The van der Waals surface area contributed by atoms with Crippen molar-refractivity contribution in [2.24, 2.45) is 5.92 Å². The van der Waals surface area contributed by atoms with Crippen molar-refractivity contribution in [1.82, 2.24) is 0 Å². The Morgan fingerprint density at radius 2 is 1.78 bits per heavy atom. The normalized spacial score (nSPS) is 37.0. The van der Waals surface area contributed by atoms with Crippen molar-refractivity contribution in [2.45, 2.75) is 77.9 Å². The van der Waals surface area contributed by atoms with E-state index in [2.05, 4.69) is 13.0 Å². The van der Waals surface area contributed by atoms with E-state index in [9.17, 15) is 9.90 Å². The van der Waals surface area contributed by atoms with E-state index >= 15 is 0 Å². The van der Waals surface area contributed by atoms with Crippen LogP contribution in [0.25, 0.3) is 0 Å². The average molecular weight is 318 g/mol. The second kappa shape index (κ2) is 7.48. The van der Waals surface area contributed by atoms with E-state index in [1.807, 2.05) is 32.9 Å². The van der Waals surface area contributed by atoms with E-state index in [0.29, 0.717) is 12.8 Å². The fourth-order valence-electron chi connectivity index (χ4n) is 3.48. The van der Waals surface area contributed by atoms with Crippen molar-refractivity contribution in [3.8, 4) is 0 Å². The number of allylic oxidation sites excluding steroid dienone is 4. The van der Waals surface area contributed by atoms with Gasteiger partial charge in [-0.15, -0.1) is 0 Å². The molecule has 3 nitrogen and oxygen atoms in total. The Kier molecular flexibility index (Phi) is 5.85. The van der Waals surface area contributed by atoms with Crippen LogP contribution in [0.1, 0.15) is 66.2 Å². The fourth-order valence-corrected chi connectivity index (χ4v) is 3.48. The first-order valence-corrected chi connectivity index (χ1v) is 8.78. The van der Waals surface area contributed by atoms with Crippen LogP contribution in [0.4, 0.5) is 0 Å². The Labute approximate surface area is 140 Å². The van der Waals surface area contributed by atoms with Crippen LogP contribution in [0, 0.1) is 5.92 Å². The van der Waals surface area contributed by atoms with Gasteiger partial charge in [-0.25, -0.2) is 4.79 Å². The lowest BCUT2D eigenvalue weighted by atomic mass is 9.77. The smallest absolute Gasteiger partial charge is 0.334 e. The molecular weight excluding hydrogens is 288 g/mol. The van der Waals surface area contributed by atoms with Gasteiger partial charge in [-0.1, -0.05) is 43.2 Å². The van der Waals surface area contributed by atoms with Gasteiger partial charge in [-0.2, -0.15) is 0 Å². The van der Waals surface area contributed by atoms with Crippen molar-refractivity contribution in [1.29, 1.82) is 0 Å². The van der Waals surface area contributed by atoms with Crippen LogP contribution in [0.3, 0.4) is 0 Å². The second-order valence-corrected chi connectivity index (χ2v) is 7.31. The quantitative estimate of drug-likeness (QED) is 0.573. The standard InChI is InChI=1S/C20H30O3/c1-14(2)20-12-11-17(19(22)23-20)10-6-8-15(3)7-5-9-16(4)13-18(20)21/h7,10,13-14,18,21H,5-6,8-9,11-12H2,1-4H3/b15-7+,16-13+,17-10+/t18-,20-/m1/s1. The van der Waals surface area contributed by atoms with E-state index in [-0.39, 0.29) is 11.9 Å². The Hall–Kier alpha value is -1.35. The molecule has 0 aromatic carbocycles. The molecule has 2 atom stereocenters. The summed E-state index contributed by atoms with van der Waals surface area (Å²) in [4.78, 5) is 12.4. The third-order valence-electron chi connectivity index (χ3n) is 5.21. The lowest BCUT2D eigenvalue weighted by Gasteiger charge is -2.43. The van der Waals surface area contributed by atoms with Gasteiger partial charge in [-0.05, 0) is 58.3 Å². The number of carbonyl (C=O) groups is 1. The molecule has 2 aliphatic heterocycles. The highest BCUT2D eigenvalue weighted by Gasteiger charge is 2.47. The molecule has 1 saturated heterocycles. The molecule has 0 aromatic rings. The van der Waals surface area contributed by atoms with E-state index in [4.69, 9.17) is 4.74 Å². The SMILES string of the molecule is C/C1=C\CC/C(C)=C/[C@@H](O)[C@]2(C(C)C)CC/C(=C\CC1)C(=O)O2. The minimum Gasteiger partial charge on any atom is -0.452 e. The summed E-state index contributed by atoms with van der Waals surface area (Å²) >= 11 is 0. The van der Waals surface area contributed by atoms with Crippen molar-refractivity contribution >= 4 is 5.97 Å². The fraction of sp³-hybridized carbons (Fsp3) is 0.650. The summed E-state index contributed by atoms with van der Waals surface area (Å²) in [6.07, 6.45) is 10.6. The molecule has 0 amide bonds. The molecule has 2 bridgehead atoms. The molecule has 0 aromatic heterocycles. The van der Waals surface area contributed by atoms with Gasteiger partial charge in [-0.3, -0.25) is 0 Å². The minimum atomic E-state index is -0.800.